The van der Waals surface area contributed by atoms with Crippen molar-refractivity contribution in [1.29, 1.82) is 0 Å². The summed E-state index contributed by atoms with van der Waals surface area (Å²) in [5.74, 6) is -0.193. The van der Waals surface area contributed by atoms with Crippen molar-refractivity contribution in [2.24, 2.45) is 0 Å². The number of aromatic carboxylic acids is 1. The van der Waals surface area contributed by atoms with Gasteiger partial charge in [0, 0.05) is 13.1 Å². The van der Waals surface area contributed by atoms with Crippen molar-refractivity contribution < 1.29 is 19.7 Å². The average molecular weight is 315 g/mol. The van der Waals surface area contributed by atoms with Crippen molar-refractivity contribution >= 4 is 5.97 Å². The van der Waals surface area contributed by atoms with E-state index in [0.29, 0.717) is 13.1 Å². The lowest BCUT2D eigenvalue weighted by atomic mass is 10.1. The molecule has 0 heterocycles. The third kappa shape index (κ3) is 5.73. The van der Waals surface area contributed by atoms with E-state index in [4.69, 9.17) is 9.84 Å². The van der Waals surface area contributed by atoms with Crippen LogP contribution in [0.25, 0.3) is 0 Å². The van der Waals surface area contributed by atoms with Gasteiger partial charge in [0.05, 0.1) is 5.56 Å². The summed E-state index contributed by atoms with van der Waals surface area (Å²) >= 11 is 0. The maximum absolute atomic E-state index is 10.8. The molecular weight excluding hydrogens is 294 g/mol. The summed E-state index contributed by atoms with van der Waals surface area (Å²) in [5.41, 5.74) is 2.34. The van der Waals surface area contributed by atoms with Gasteiger partial charge in [0.2, 0.25) is 0 Å². The average Bonchev–Trinajstić information content (AvgIpc) is 2.53. The third-order valence-electron chi connectivity index (χ3n) is 3.34. The Bertz CT molecular complexity index is 640. The van der Waals surface area contributed by atoms with Gasteiger partial charge in [-0.3, -0.25) is 0 Å². The van der Waals surface area contributed by atoms with Crippen LogP contribution in [0.3, 0.4) is 0 Å². The van der Waals surface area contributed by atoms with Gasteiger partial charge < -0.3 is 20.3 Å². The van der Waals surface area contributed by atoms with E-state index in [1.165, 1.54) is 0 Å². The minimum Gasteiger partial charge on any atom is -0.491 e. The van der Waals surface area contributed by atoms with Gasteiger partial charge >= 0.3 is 5.97 Å². The van der Waals surface area contributed by atoms with Gasteiger partial charge in [0.15, 0.2) is 0 Å². The number of nitrogens with one attached hydrogen (secondary N) is 1. The van der Waals surface area contributed by atoms with Crippen LogP contribution in [-0.2, 0) is 6.54 Å². The molecule has 0 saturated carbocycles. The Morgan fingerprint density at radius 2 is 1.96 bits per heavy atom. The van der Waals surface area contributed by atoms with Crippen molar-refractivity contribution in [2.75, 3.05) is 13.2 Å². The van der Waals surface area contributed by atoms with Gasteiger partial charge in [0.1, 0.15) is 18.5 Å². The van der Waals surface area contributed by atoms with Gasteiger partial charge in [-0.05, 0) is 42.3 Å². The van der Waals surface area contributed by atoms with Gasteiger partial charge in [-0.15, -0.1) is 0 Å². The molecule has 5 heteroatoms. The second-order valence-electron chi connectivity index (χ2n) is 5.41. The number of benzene rings is 2. The minimum atomic E-state index is -0.937. The monoisotopic (exact) mass is 315 g/mol. The van der Waals surface area contributed by atoms with Crippen molar-refractivity contribution in [3.8, 4) is 5.75 Å². The van der Waals surface area contributed by atoms with E-state index in [9.17, 15) is 9.90 Å². The summed E-state index contributed by atoms with van der Waals surface area (Å²) in [5, 5.41) is 21.9. The molecule has 0 aliphatic rings. The molecule has 0 fully saturated rings. The Morgan fingerprint density at radius 3 is 2.61 bits per heavy atom. The molecule has 2 aromatic carbocycles. The molecule has 1 unspecified atom stereocenters. The second kappa shape index (κ2) is 8.31. The highest BCUT2D eigenvalue weighted by Gasteiger charge is 2.06. The first-order valence-corrected chi connectivity index (χ1v) is 7.45. The molecule has 0 radical (unpaired) electrons. The van der Waals surface area contributed by atoms with Crippen LogP contribution in [0.5, 0.6) is 5.75 Å². The lowest BCUT2D eigenvalue weighted by Gasteiger charge is -2.13. The summed E-state index contributed by atoms with van der Waals surface area (Å²) in [7, 11) is 0. The Balaban J connectivity index is 1.70. The summed E-state index contributed by atoms with van der Waals surface area (Å²) in [6.45, 7) is 3.16. The first-order valence-electron chi connectivity index (χ1n) is 7.45. The summed E-state index contributed by atoms with van der Waals surface area (Å²) < 4.78 is 5.54. The van der Waals surface area contributed by atoms with Gasteiger partial charge in [0.25, 0.3) is 0 Å². The maximum atomic E-state index is 10.8. The van der Waals surface area contributed by atoms with Crippen LogP contribution >= 0.6 is 0 Å². The highest BCUT2D eigenvalue weighted by Crippen LogP contribution is 2.12. The fourth-order valence-electron chi connectivity index (χ4n) is 2.10. The van der Waals surface area contributed by atoms with Crippen molar-refractivity contribution in [2.45, 2.75) is 19.6 Å². The fraction of sp³-hybridized carbons (Fsp3) is 0.278. The SMILES string of the molecule is Cc1cccc(OCC(O)CNCc2ccc(C(=O)O)cc2)c1. The molecule has 2 aromatic rings. The highest BCUT2D eigenvalue weighted by atomic mass is 16.5. The Hall–Kier alpha value is -2.37. The molecule has 1 atom stereocenters. The molecule has 5 nitrogen and oxygen atoms in total. The van der Waals surface area contributed by atoms with E-state index in [2.05, 4.69) is 5.32 Å². The standard InChI is InChI=1S/C18H21NO4/c1-13-3-2-4-17(9-13)23-12-16(20)11-19-10-14-5-7-15(8-6-14)18(21)22/h2-9,16,19-20H,10-12H2,1H3,(H,21,22). The van der Waals surface area contributed by atoms with Gasteiger partial charge in [-0.2, -0.15) is 0 Å². The summed E-state index contributed by atoms with van der Waals surface area (Å²) in [4.78, 5) is 10.8. The fourth-order valence-corrected chi connectivity index (χ4v) is 2.10. The first kappa shape index (κ1) is 17.0. The maximum Gasteiger partial charge on any atom is 0.335 e. The first-order chi connectivity index (χ1) is 11.0. The van der Waals surface area contributed by atoms with Crippen LogP contribution in [-0.4, -0.2) is 35.4 Å². The number of hydrogen-bond acceptors (Lipinski definition) is 4. The number of aryl methyl sites for hydroxylation is 1. The number of hydrogen-bond donors (Lipinski definition) is 3. The van der Waals surface area contributed by atoms with Gasteiger partial charge in [-0.1, -0.05) is 24.3 Å². The Labute approximate surface area is 135 Å². The lowest BCUT2D eigenvalue weighted by molar-refractivity contribution is 0.0697. The van der Waals surface area contributed by atoms with Crippen LogP contribution in [0.15, 0.2) is 48.5 Å². The number of ether oxygens (including phenoxy) is 1. The molecule has 0 bridgehead atoms. The van der Waals surface area contributed by atoms with Crippen molar-refractivity contribution in [3.63, 3.8) is 0 Å². The number of rotatable bonds is 8. The van der Waals surface area contributed by atoms with Crippen molar-refractivity contribution in [3.05, 3.63) is 65.2 Å². The zero-order valence-corrected chi connectivity index (χ0v) is 13.0. The van der Waals surface area contributed by atoms with E-state index in [0.717, 1.165) is 16.9 Å². The van der Waals surface area contributed by atoms with E-state index < -0.39 is 12.1 Å². The quantitative estimate of drug-likeness (QED) is 0.696. The molecule has 122 valence electrons. The molecule has 0 aromatic heterocycles. The predicted molar refractivity (Wildman–Crippen MR) is 87.8 cm³/mol. The minimum absolute atomic E-state index is 0.217. The predicted octanol–water partition coefficient (Wildman–Crippen LogP) is 2.22. The van der Waals surface area contributed by atoms with Gasteiger partial charge in [-0.25, -0.2) is 4.79 Å². The summed E-state index contributed by atoms with van der Waals surface area (Å²) in [6, 6.07) is 14.3. The molecule has 0 aliphatic heterocycles. The van der Waals surface area contributed by atoms with Crippen LogP contribution in [0, 0.1) is 6.92 Å². The zero-order chi connectivity index (χ0) is 16.7. The van der Waals surface area contributed by atoms with E-state index in [-0.39, 0.29) is 12.2 Å². The molecule has 0 aliphatic carbocycles. The Kier molecular flexibility index (Phi) is 6.14. The molecule has 0 saturated heterocycles. The zero-order valence-electron chi connectivity index (χ0n) is 13.0. The van der Waals surface area contributed by atoms with Crippen LogP contribution in [0.2, 0.25) is 0 Å². The summed E-state index contributed by atoms with van der Waals surface area (Å²) in [6.07, 6.45) is -0.617. The normalized spacial score (nSPS) is 11.9. The number of carboxylic acid groups (broad SMARTS) is 1. The van der Waals surface area contributed by atoms with Crippen LogP contribution in [0.1, 0.15) is 21.5 Å². The van der Waals surface area contributed by atoms with E-state index >= 15 is 0 Å². The van der Waals surface area contributed by atoms with Crippen LogP contribution in [0.4, 0.5) is 0 Å². The topological polar surface area (TPSA) is 78.8 Å². The number of aliphatic hydroxyl groups excluding tert-OH is 1. The third-order valence-corrected chi connectivity index (χ3v) is 3.34. The largest absolute Gasteiger partial charge is 0.491 e. The smallest absolute Gasteiger partial charge is 0.335 e. The second-order valence-corrected chi connectivity index (χ2v) is 5.41. The van der Waals surface area contributed by atoms with E-state index in [1.807, 2.05) is 31.2 Å². The molecule has 0 spiro atoms. The number of carboxylic acids is 1. The molecule has 23 heavy (non-hydrogen) atoms. The van der Waals surface area contributed by atoms with Crippen LogP contribution < -0.4 is 10.1 Å². The number of aliphatic hydroxyl groups is 1. The molecular formula is C18H21NO4. The van der Waals surface area contributed by atoms with E-state index in [1.54, 1.807) is 24.3 Å². The number of carbonyl (C=O) groups is 1. The molecule has 0 amide bonds. The Morgan fingerprint density at radius 1 is 1.22 bits per heavy atom. The molecule has 3 N–H and O–H groups in total. The van der Waals surface area contributed by atoms with Crippen molar-refractivity contribution in [1.82, 2.24) is 5.32 Å². The lowest BCUT2D eigenvalue weighted by Crippen LogP contribution is -2.31. The highest BCUT2D eigenvalue weighted by molar-refractivity contribution is 5.87. The molecule has 2 rings (SSSR count).